The van der Waals surface area contributed by atoms with Gasteiger partial charge in [-0.1, -0.05) is 12.2 Å². The molecule has 3 unspecified atom stereocenters. The van der Waals surface area contributed by atoms with Crippen LogP contribution in [0.3, 0.4) is 0 Å². The molecular weight excluding hydrogens is 404 g/mol. The number of carbonyl (C=O) groups is 1. The summed E-state index contributed by atoms with van der Waals surface area (Å²) >= 11 is 0. The normalized spacial score (nSPS) is 25.3. The number of aromatic carboxylic acids is 1. The second-order valence-corrected chi connectivity index (χ2v) is 8.95. The van der Waals surface area contributed by atoms with Gasteiger partial charge in [-0.15, -0.1) is 0 Å². The Morgan fingerprint density at radius 2 is 2.06 bits per heavy atom. The monoisotopic (exact) mass is 429 g/mol. The second kappa shape index (κ2) is 7.44. The molecule has 2 N–H and O–H groups in total. The SMILES string of the molecule is CNCC1C=CCC2CN(c3c(F)cc4c(=O)c(C(=O)O)cn(C5CC5)c4c3F)CC12. The summed E-state index contributed by atoms with van der Waals surface area (Å²) in [6.07, 6.45) is 7.98. The highest BCUT2D eigenvalue weighted by molar-refractivity contribution is 5.94. The van der Waals surface area contributed by atoms with Gasteiger partial charge in [0.25, 0.3) is 0 Å². The maximum Gasteiger partial charge on any atom is 0.341 e. The number of halogens is 2. The van der Waals surface area contributed by atoms with Crippen LogP contribution < -0.4 is 15.6 Å². The van der Waals surface area contributed by atoms with Gasteiger partial charge in [0, 0.05) is 31.9 Å². The van der Waals surface area contributed by atoms with Crippen LogP contribution in [0.1, 0.15) is 35.7 Å². The third-order valence-electron chi connectivity index (χ3n) is 6.97. The number of aromatic nitrogens is 1. The first kappa shape index (κ1) is 20.2. The lowest BCUT2D eigenvalue weighted by Crippen LogP contribution is -2.31. The maximum atomic E-state index is 15.8. The largest absolute Gasteiger partial charge is 0.477 e. The molecule has 0 radical (unpaired) electrons. The van der Waals surface area contributed by atoms with E-state index in [0.29, 0.717) is 30.8 Å². The summed E-state index contributed by atoms with van der Waals surface area (Å²) in [7, 11) is 1.90. The average molecular weight is 429 g/mol. The van der Waals surface area contributed by atoms with Crippen LogP contribution in [-0.2, 0) is 0 Å². The topological polar surface area (TPSA) is 74.6 Å². The van der Waals surface area contributed by atoms with Crippen LogP contribution in [0.5, 0.6) is 0 Å². The standard InChI is InChI=1S/C23H25F2N3O3/c1-26-8-12-3-2-4-13-9-27(10-16(12)13)21-18(24)7-15-20(19(21)25)28(14-5-6-14)11-17(22(15)29)23(30)31/h2-3,7,11-14,16,26H,4-6,8-10H2,1H3,(H,30,31). The lowest BCUT2D eigenvalue weighted by atomic mass is 9.78. The van der Waals surface area contributed by atoms with Gasteiger partial charge in [-0.3, -0.25) is 4.79 Å². The van der Waals surface area contributed by atoms with Crippen molar-refractivity contribution in [3.8, 4) is 0 Å². The first-order chi connectivity index (χ1) is 14.9. The zero-order chi connectivity index (χ0) is 21.9. The van der Waals surface area contributed by atoms with E-state index in [0.717, 1.165) is 31.9 Å². The number of fused-ring (bicyclic) bond motifs is 2. The molecule has 2 aromatic rings. The molecule has 3 aliphatic rings. The Balaban J connectivity index is 1.63. The molecule has 0 spiro atoms. The van der Waals surface area contributed by atoms with Gasteiger partial charge in [-0.2, -0.15) is 0 Å². The molecule has 2 aliphatic carbocycles. The van der Waals surface area contributed by atoms with Crippen LogP contribution in [0.15, 0.2) is 29.2 Å². The Morgan fingerprint density at radius 3 is 2.74 bits per heavy atom. The van der Waals surface area contributed by atoms with Gasteiger partial charge in [-0.05, 0) is 50.1 Å². The number of anilines is 1. The number of nitrogens with one attached hydrogen (secondary N) is 1. The van der Waals surface area contributed by atoms with Gasteiger partial charge in [0.05, 0.1) is 10.9 Å². The van der Waals surface area contributed by atoms with Crippen LogP contribution in [0.2, 0.25) is 0 Å². The molecule has 1 saturated carbocycles. The number of nitrogens with zero attached hydrogens (tertiary/aromatic N) is 2. The Hall–Kier alpha value is -2.74. The minimum Gasteiger partial charge on any atom is -0.477 e. The number of pyridine rings is 1. The highest BCUT2D eigenvalue weighted by Crippen LogP contribution is 2.43. The smallest absolute Gasteiger partial charge is 0.341 e. The molecule has 1 aromatic carbocycles. The summed E-state index contributed by atoms with van der Waals surface area (Å²) < 4.78 is 32.6. The molecule has 6 nitrogen and oxygen atoms in total. The number of carboxylic acids is 1. The van der Waals surface area contributed by atoms with Crippen molar-refractivity contribution in [3.63, 3.8) is 0 Å². The zero-order valence-electron chi connectivity index (χ0n) is 17.3. The molecule has 31 heavy (non-hydrogen) atoms. The first-order valence-electron chi connectivity index (χ1n) is 10.8. The van der Waals surface area contributed by atoms with Crippen molar-refractivity contribution in [2.45, 2.75) is 25.3 Å². The number of carboxylic acid groups (broad SMARTS) is 1. The molecule has 5 rings (SSSR count). The highest BCUT2D eigenvalue weighted by atomic mass is 19.1. The Morgan fingerprint density at radius 1 is 1.29 bits per heavy atom. The fourth-order valence-corrected chi connectivity index (χ4v) is 5.35. The molecule has 1 aliphatic heterocycles. The van der Waals surface area contributed by atoms with Crippen molar-refractivity contribution in [2.75, 3.05) is 31.6 Å². The van der Waals surface area contributed by atoms with Crippen molar-refractivity contribution in [3.05, 3.63) is 51.8 Å². The second-order valence-electron chi connectivity index (χ2n) is 8.95. The fourth-order valence-electron chi connectivity index (χ4n) is 5.35. The maximum absolute atomic E-state index is 15.8. The summed E-state index contributed by atoms with van der Waals surface area (Å²) in [5, 5.41) is 12.4. The van der Waals surface area contributed by atoms with Crippen LogP contribution in [0.25, 0.3) is 10.9 Å². The summed E-state index contributed by atoms with van der Waals surface area (Å²) in [6, 6.07) is 0.951. The highest BCUT2D eigenvalue weighted by Gasteiger charge is 2.40. The Kier molecular flexibility index (Phi) is 4.84. The molecule has 2 heterocycles. The van der Waals surface area contributed by atoms with Gasteiger partial charge in [0.1, 0.15) is 17.1 Å². The predicted octanol–water partition coefficient (Wildman–Crippen LogP) is 3.16. The Bertz CT molecular complexity index is 1160. The van der Waals surface area contributed by atoms with Gasteiger partial charge < -0.3 is 19.9 Å². The van der Waals surface area contributed by atoms with Gasteiger partial charge in [-0.25, -0.2) is 13.6 Å². The Labute approximate surface area is 178 Å². The molecule has 1 aromatic heterocycles. The van der Waals surface area contributed by atoms with E-state index < -0.39 is 28.6 Å². The van der Waals surface area contributed by atoms with E-state index in [-0.39, 0.29) is 22.6 Å². The first-order valence-corrected chi connectivity index (χ1v) is 10.8. The van der Waals surface area contributed by atoms with Crippen LogP contribution in [0.4, 0.5) is 14.5 Å². The molecule has 0 bridgehead atoms. The van der Waals surface area contributed by atoms with Gasteiger partial charge >= 0.3 is 5.97 Å². The van der Waals surface area contributed by atoms with E-state index in [1.807, 2.05) is 7.05 Å². The minimum atomic E-state index is -1.39. The van der Waals surface area contributed by atoms with Crippen molar-refractivity contribution < 1.29 is 18.7 Å². The van der Waals surface area contributed by atoms with E-state index in [1.165, 1.54) is 10.8 Å². The molecule has 164 valence electrons. The molecule has 8 heteroatoms. The predicted molar refractivity (Wildman–Crippen MR) is 114 cm³/mol. The van der Waals surface area contributed by atoms with Crippen LogP contribution in [-0.4, -0.2) is 42.3 Å². The quantitative estimate of drug-likeness (QED) is 0.715. The summed E-state index contributed by atoms with van der Waals surface area (Å²) in [4.78, 5) is 25.9. The number of rotatable bonds is 5. The summed E-state index contributed by atoms with van der Waals surface area (Å²) in [6.45, 7) is 1.91. The van der Waals surface area contributed by atoms with E-state index in [9.17, 15) is 14.7 Å². The third kappa shape index (κ3) is 3.24. The molecule has 0 amide bonds. The van der Waals surface area contributed by atoms with Crippen molar-refractivity contribution in [1.29, 1.82) is 0 Å². The fraction of sp³-hybridized carbons (Fsp3) is 0.478. The van der Waals surface area contributed by atoms with E-state index in [1.54, 1.807) is 4.90 Å². The number of hydrogen-bond acceptors (Lipinski definition) is 4. The lowest BCUT2D eigenvalue weighted by Gasteiger charge is -2.28. The van der Waals surface area contributed by atoms with Crippen molar-refractivity contribution in [2.24, 2.45) is 17.8 Å². The van der Waals surface area contributed by atoms with E-state index in [2.05, 4.69) is 17.5 Å². The van der Waals surface area contributed by atoms with Crippen molar-refractivity contribution >= 4 is 22.6 Å². The molecular formula is C23H25F2N3O3. The van der Waals surface area contributed by atoms with Crippen LogP contribution >= 0.6 is 0 Å². The zero-order valence-corrected chi connectivity index (χ0v) is 17.3. The lowest BCUT2D eigenvalue weighted by molar-refractivity contribution is 0.0694. The average Bonchev–Trinajstić information content (AvgIpc) is 3.48. The number of hydrogen-bond donors (Lipinski definition) is 2. The number of allylic oxidation sites excluding steroid dienone is 1. The van der Waals surface area contributed by atoms with E-state index in [4.69, 9.17) is 0 Å². The number of benzene rings is 1. The van der Waals surface area contributed by atoms with Gasteiger partial charge in [0.2, 0.25) is 5.43 Å². The molecule has 3 atom stereocenters. The third-order valence-corrected chi connectivity index (χ3v) is 6.97. The van der Waals surface area contributed by atoms with Crippen LogP contribution in [0, 0.1) is 29.4 Å². The minimum absolute atomic E-state index is 0.00803. The molecule has 1 saturated heterocycles. The summed E-state index contributed by atoms with van der Waals surface area (Å²) in [5.41, 5.74) is -1.41. The van der Waals surface area contributed by atoms with E-state index >= 15 is 8.78 Å². The summed E-state index contributed by atoms with van der Waals surface area (Å²) in [5.74, 6) is -2.05. The van der Waals surface area contributed by atoms with Gasteiger partial charge in [0.15, 0.2) is 5.82 Å². The molecule has 2 fully saturated rings. The van der Waals surface area contributed by atoms with Crippen molar-refractivity contribution in [1.82, 2.24) is 9.88 Å².